The minimum Gasteiger partial charge on any atom is -0.462 e. The molecule has 1 aliphatic heterocycles. The summed E-state index contributed by atoms with van der Waals surface area (Å²) in [5, 5.41) is 10.0. The van der Waals surface area contributed by atoms with E-state index in [1.165, 1.54) is 0 Å². The van der Waals surface area contributed by atoms with Crippen molar-refractivity contribution in [2.24, 2.45) is 5.92 Å². The summed E-state index contributed by atoms with van der Waals surface area (Å²) in [5.41, 5.74) is 2.04. The molecule has 1 aliphatic rings. The molecule has 0 aliphatic carbocycles. The Labute approximate surface area is 113 Å². The number of aldehydes is 1. The Hall–Kier alpha value is -1.68. The summed E-state index contributed by atoms with van der Waals surface area (Å²) in [6.45, 7) is 7.48. The quantitative estimate of drug-likeness (QED) is 0.345. The fraction of sp³-hybridized carbons (Fsp3) is 0.467. The average molecular weight is 264 g/mol. The molecule has 0 saturated carbocycles. The molecule has 1 heterocycles. The Morgan fingerprint density at radius 2 is 2.26 bits per heavy atom. The van der Waals surface area contributed by atoms with E-state index in [0.717, 1.165) is 24.7 Å². The smallest absolute Gasteiger partial charge is 0.333 e. The molecule has 0 aromatic rings. The molecule has 19 heavy (non-hydrogen) atoms. The van der Waals surface area contributed by atoms with Crippen molar-refractivity contribution >= 4 is 12.3 Å². The van der Waals surface area contributed by atoms with Gasteiger partial charge >= 0.3 is 5.97 Å². The van der Waals surface area contributed by atoms with Crippen LogP contribution in [0.25, 0.3) is 0 Å². The highest BCUT2D eigenvalue weighted by molar-refractivity contribution is 5.90. The number of cyclic esters (lactones) is 1. The lowest BCUT2D eigenvalue weighted by molar-refractivity contribution is -0.135. The number of carbonyl (C=O) groups is 2. The number of aliphatic hydroxyl groups excluding tert-OH is 1. The zero-order chi connectivity index (χ0) is 14.4. The van der Waals surface area contributed by atoms with Crippen LogP contribution in [0, 0.1) is 5.92 Å². The summed E-state index contributed by atoms with van der Waals surface area (Å²) in [6, 6.07) is 0. The summed E-state index contributed by atoms with van der Waals surface area (Å²) >= 11 is 0. The third-order valence-corrected chi connectivity index (χ3v) is 3.16. The molecule has 4 heteroatoms. The van der Waals surface area contributed by atoms with Gasteiger partial charge in [-0.1, -0.05) is 24.3 Å². The summed E-state index contributed by atoms with van der Waals surface area (Å²) in [5.74, 6) is -0.783. The van der Waals surface area contributed by atoms with Crippen LogP contribution in [0.15, 0.2) is 35.5 Å². The summed E-state index contributed by atoms with van der Waals surface area (Å²) in [6.07, 6.45) is 5.16. The van der Waals surface area contributed by atoms with Gasteiger partial charge in [-0.05, 0) is 32.3 Å². The van der Waals surface area contributed by atoms with E-state index in [4.69, 9.17) is 4.74 Å². The molecule has 1 fully saturated rings. The zero-order valence-electron chi connectivity index (χ0n) is 11.4. The van der Waals surface area contributed by atoms with Crippen LogP contribution in [0.4, 0.5) is 0 Å². The van der Waals surface area contributed by atoms with Crippen molar-refractivity contribution in [2.45, 2.75) is 32.8 Å². The fourth-order valence-electron chi connectivity index (χ4n) is 1.88. The molecule has 0 bridgehead atoms. The number of rotatable bonds is 6. The summed E-state index contributed by atoms with van der Waals surface area (Å²) < 4.78 is 4.83. The van der Waals surface area contributed by atoms with E-state index in [1.54, 1.807) is 13.0 Å². The lowest BCUT2D eigenvalue weighted by Crippen LogP contribution is -2.20. The van der Waals surface area contributed by atoms with Crippen molar-refractivity contribution in [3.63, 3.8) is 0 Å². The van der Waals surface area contributed by atoms with Gasteiger partial charge in [0, 0.05) is 5.57 Å². The molecule has 0 spiro atoms. The molecular weight excluding hydrogens is 244 g/mol. The van der Waals surface area contributed by atoms with E-state index < -0.39 is 12.1 Å². The molecule has 2 atom stereocenters. The van der Waals surface area contributed by atoms with Crippen molar-refractivity contribution < 1.29 is 19.4 Å². The van der Waals surface area contributed by atoms with Crippen LogP contribution < -0.4 is 0 Å². The third kappa shape index (κ3) is 4.48. The normalized spacial score (nSPS) is 22.4. The van der Waals surface area contributed by atoms with Gasteiger partial charge in [0.2, 0.25) is 0 Å². The highest BCUT2D eigenvalue weighted by Gasteiger charge is 2.33. The predicted octanol–water partition coefficient (Wildman–Crippen LogP) is 1.95. The second-order valence-corrected chi connectivity index (χ2v) is 4.84. The molecule has 1 saturated heterocycles. The molecule has 1 N–H and O–H groups in total. The first kappa shape index (κ1) is 15.4. The highest BCUT2D eigenvalue weighted by Crippen LogP contribution is 2.24. The van der Waals surface area contributed by atoms with E-state index in [0.29, 0.717) is 11.1 Å². The number of hydrogen-bond donors (Lipinski definition) is 1. The minimum atomic E-state index is -0.755. The maximum atomic E-state index is 11.2. The third-order valence-electron chi connectivity index (χ3n) is 3.16. The number of carbonyl (C=O) groups excluding carboxylic acids is 2. The first-order valence-electron chi connectivity index (χ1n) is 6.29. The average Bonchev–Trinajstić information content (AvgIpc) is 2.69. The Morgan fingerprint density at radius 3 is 2.79 bits per heavy atom. The lowest BCUT2D eigenvalue weighted by Gasteiger charge is -2.13. The predicted molar refractivity (Wildman–Crippen MR) is 72.4 cm³/mol. The van der Waals surface area contributed by atoms with E-state index in [9.17, 15) is 14.7 Å². The Balaban J connectivity index is 2.52. The Morgan fingerprint density at radius 1 is 1.58 bits per heavy atom. The van der Waals surface area contributed by atoms with Crippen LogP contribution in [0.5, 0.6) is 0 Å². The second kappa shape index (κ2) is 7.04. The second-order valence-electron chi connectivity index (χ2n) is 4.84. The fourth-order valence-corrected chi connectivity index (χ4v) is 1.88. The van der Waals surface area contributed by atoms with Crippen molar-refractivity contribution in [2.75, 3.05) is 6.61 Å². The molecule has 104 valence electrons. The minimum absolute atomic E-state index is 0.187. The van der Waals surface area contributed by atoms with Gasteiger partial charge in [-0.15, -0.1) is 0 Å². The maximum absolute atomic E-state index is 11.2. The molecule has 4 nitrogen and oxygen atoms in total. The molecule has 0 aromatic heterocycles. The maximum Gasteiger partial charge on any atom is 0.333 e. The van der Waals surface area contributed by atoms with E-state index in [2.05, 4.69) is 6.58 Å². The van der Waals surface area contributed by atoms with Gasteiger partial charge in [0.05, 0.1) is 12.0 Å². The van der Waals surface area contributed by atoms with Gasteiger partial charge in [-0.3, -0.25) is 4.79 Å². The first-order chi connectivity index (χ1) is 8.95. The van der Waals surface area contributed by atoms with Crippen LogP contribution in [-0.4, -0.2) is 30.1 Å². The lowest BCUT2D eigenvalue weighted by atomic mass is 9.95. The highest BCUT2D eigenvalue weighted by atomic mass is 16.5. The van der Waals surface area contributed by atoms with Crippen LogP contribution in [0.3, 0.4) is 0 Å². The SMILES string of the molecule is C=C1C(=O)OC[C@@H]1[C@H](O)/C=C(\C)CC/C=C(\C)C=O. The van der Waals surface area contributed by atoms with E-state index in [1.807, 2.05) is 13.0 Å². The Kier molecular flexibility index (Phi) is 5.70. The van der Waals surface area contributed by atoms with Crippen molar-refractivity contribution in [1.82, 2.24) is 0 Å². The van der Waals surface area contributed by atoms with Crippen molar-refractivity contribution in [1.29, 1.82) is 0 Å². The monoisotopic (exact) mass is 264 g/mol. The van der Waals surface area contributed by atoms with Crippen molar-refractivity contribution in [3.05, 3.63) is 35.5 Å². The van der Waals surface area contributed by atoms with Crippen LogP contribution >= 0.6 is 0 Å². The van der Waals surface area contributed by atoms with Crippen LogP contribution in [0.2, 0.25) is 0 Å². The van der Waals surface area contributed by atoms with Crippen LogP contribution in [-0.2, 0) is 14.3 Å². The molecule has 0 radical (unpaired) electrons. The Bertz CT molecular complexity index is 431. The molecular formula is C15H20O4. The first-order valence-corrected chi connectivity index (χ1v) is 6.29. The molecule has 0 unspecified atom stereocenters. The number of ether oxygens (including phenoxy) is 1. The molecule has 0 aromatic carbocycles. The van der Waals surface area contributed by atoms with E-state index in [-0.39, 0.29) is 12.5 Å². The van der Waals surface area contributed by atoms with Gasteiger partial charge in [0.1, 0.15) is 12.9 Å². The number of aliphatic hydroxyl groups is 1. The van der Waals surface area contributed by atoms with Gasteiger partial charge in [-0.25, -0.2) is 4.79 Å². The summed E-state index contributed by atoms with van der Waals surface area (Å²) in [7, 11) is 0. The van der Waals surface area contributed by atoms with Gasteiger partial charge in [0.15, 0.2) is 0 Å². The largest absolute Gasteiger partial charge is 0.462 e. The van der Waals surface area contributed by atoms with Gasteiger partial charge in [-0.2, -0.15) is 0 Å². The molecule has 0 amide bonds. The number of esters is 1. The van der Waals surface area contributed by atoms with Crippen molar-refractivity contribution in [3.8, 4) is 0 Å². The number of allylic oxidation sites excluding steroid dienone is 3. The van der Waals surface area contributed by atoms with Gasteiger partial charge in [0.25, 0.3) is 0 Å². The summed E-state index contributed by atoms with van der Waals surface area (Å²) in [4.78, 5) is 21.6. The van der Waals surface area contributed by atoms with Gasteiger partial charge < -0.3 is 9.84 Å². The standard InChI is InChI=1S/C15H20O4/c1-10(5-4-6-11(2)8-16)7-14(17)13-9-19-15(18)12(13)3/h6-8,13-14,17H,3-5,9H2,1-2H3/b10-7+,11-6+/t13-,14+/m0/s1. The molecule has 1 rings (SSSR count). The van der Waals surface area contributed by atoms with Crippen LogP contribution in [0.1, 0.15) is 26.7 Å². The zero-order valence-corrected chi connectivity index (χ0v) is 11.4. The number of hydrogen-bond acceptors (Lipinski definition) is 4. The van der Waals surface area contributed by atoms with E-state index >= 15 is 0 Å². The topological polar surface area (TPSA) is 63.6 Å².